The summed E-state index contributed by atoms with van der Waals surface area (Å²) in [5.41, 5.74) is 0.677. The summed E-state index contributed by atoms with van der Waals surface area (Å²) in [5.74, 6) is -0.0417. The first-order chi connectivity index (χ1) is 9.74. The van der Waals surface area contributed by atoms with Crippen LogP contribution in [0.2, 0.25) is 0 Å². The molecule has 106 valence electrons. The van der Waals surface area contributed by atoms with E-state index in [1.54, 1.807) is 31.4 Å². The number of hydrogen-bond donors (Lipinski definition) is 1. The Morgan fingerprint density at radius 2 is 2.00 bits per heavy atom. The molecule has 2 aromatic rings. The van der Waals surface area contributed by atoms with Crippen molar-refractivity contribution in [3.05, 3.63) is 59.7 Å². The zero-order chi connectivity index (χ0) is 14.4. The Bertz CT molecular complexity index is 562. The molecule has 0 saturated carbocycles. The molecular formula is C15H16FNO3. The van der Waals surface area contributed by atoms with Crippen LogP contribution in [-0.2, 0) is 4.74 Å². The van der Waals surface area contributed by atoms with Gasteiger partial charge in [0.1, 0.15) is 24.3 Å². The summed E-state index contributed by atoms with van der Waals surface area (Å²) in [6.07, 6.45) is 1.42. The Kier molecular flexibility index (Phi) is 5.03. The maximum Gasteiger partial charge on any atom is 0.147 e. The molecule has 0 aliphatic rings. The van der Waals surface area contributed by atoms with Crippen molar-refractivity contribution >= 4 is 0 Å². The summed E-state index contributed by atoms with van der Waals surface area (Å²) >= 11 is 0. The summed E-state index contributed by atoms with van der Waals surface area (Å²) in [7, 11) is 1.58. The van der Waals surface area contributed by atoms with Crippen LogP contribution in [0.4, 0.5) is 4.39 Å². The SMILES string of the molecule is COCCOc1ccccc1C(O)c1ccncc1F. The molecule has 0 amide bonds. The van der Waals surface area contributed by atoms with Gasteiger partial charge >= 0.3 is 0 Å². The van der Waals surface area contributed by atoms with E-state index in [4.69, 9.17) is 9.47 Å². The molecule has 2 rings (SSSR count). The van der Waals surface area contributed by atoms with Gasteiger partial charge in [0.25, 0.3) is 0 Å². The van der Waals surface area contributed by atoms with Gasteiger partial charge in [0.2, 0.25) is 0 Å². The van der Waals surface area contributed by atoms with Gasteiger partial charge in [-0.25, -0.2) is 4.39 Å². The van der Waals surface area contributed by atoms with Crippen LogP contribution in [0.1, 0.15) is 17.2 Å². The zero-order valence-corrected chi connectivity index (χ0v) is 11.1. The lowest BCUT2D eigenvalue weighted by Crippen LogP contribution is -2.09. The quantitative estimate of drug-likeness (QED) is 0.823. The fourth-order valence-electron chi connectivity index (χ4n) is 1.85. The molecule has 0 saturated heterocycles. The molecule has 0 fully saturated rings. The lowest BCUT2D eigenvalue weighted by molar-refractivity contribution is 0.142. The first-order valence-corrected chi connectivity index (χ1v) is 6.22. The van der Waals surface area contributed by atoms with E-state index in [9.17, 15) is 9.50 Å². The van der Waals surface area contributed by atoms with Crippen LogP contribution in [0.5, 0.6) is 5.75 Å². The predicted octanol–water partition coefficient (Wildman–Crippen LogP) is 2.33. The fourth-order valence-corrected chi connectivity index (χ4v) is 1.85. The van der Waals surface area contributed by atoms with E-state index in [-0.39, 0.29) is 5.56 Å². The molecule has 1 unspecified atom stereocenters. The number of aliphatic hydroxyl groups excluding tert-OH is 1. The molecule has 0 bridgehead atoms. The predicted molar refractivity (Wildman–Crippen MR) is 72.1 cm³/mol. The highest BCUT2D eigenvalue weighted by molar-refractivity contribution is 5.40. The number of rotatable bonds is 6. The van der Waals surface area contributed by atoms with Gasteiger partial charge in [-0.2, -0.15) is 0 Å². The third-order valence-electron chi connectivity index (χ3n) is 2.86. The monoisotopic (exact) mass is 277 g/mol. The third kappa shape index (κ3) is 3.31. The molecule has 1 aromatic heterocycles. The maximum atomic E-state index is 13.7. The van der Waals surface area contributed by atoms with Gasteiger partial charge in [-0.1, -0.05) is 18.2 Å². The van der Waals surface area contributed by atoms with Gasteiger partial charge in [-0.3, -0.25) is 4.98 Å². The van der Waals surface area contributed by atoms with E-state index in [1.807, 2.05) is 0 Å². The lowest BCUT2D eigenvalue weighted by Gasteiger charge is -2.16. The van der Waals surface area contributed by atoms with Crippen LogP contribution in [0.25, 0.3) is 0 Å². The van der Waals surface area contributed by atoms with E-state index < -0.39 is 11.9 Å². The van der Waals surface area contributed by atoms with E-state index >= 15 is 0 Å². The lowest BCUT2D eigenvalue weighted by atomic mass is 10.0. The standard InChI is InChI=1S/C15H16FNO3/c1-19-8-9-20-14-5-3-2-4-12(14)15(18)11-6-7-17-10-13(11)16/h2-7,10,15,18H,8-9H2,1H3. The highest BCUT2D eigenvalue weighted by Crippen LogP contribution is 2.30. The molecule has 4 nitrogen and oxygen atoms in total. The molecule has 1 heterocycles. The van der Waals surface area contributed by atoms with Crippen LogP contribution in [0.3, 0.4) is 0 Å². The topological polar surface area (TPSA) is 51.6 Å². The first-order valence-electron chi connectivity index (χ1n) is 6.22. The summed E-state index contributed by atoms with van der Waals surface area (Å²) in [6, 6.07) is 8.44. The van der Waals surface area contributed by atoms with E-state index in [0.29, 0.717) is 24.5 Å². The highest BCUT2D eigenvalue weighted by atomic mass is 19.1. The van der Waals surface area contributed by atoms with Crippen molar-refractivity contribution in [2.24, 2.45) is 0 Å². The van der Waals surface area contributed by atoms with Crippen LogP contribution in [-0.4, -0.2) is 30.4 Å². The number of nitrogens with zero attached hydrogens (tertiary/aromatic N) is 1. The van der Waals surface area contributed by atoms with Crippen molar-refractivity contribution in [1.29, 1.82) is 0 Å². The van der Waals surface area contributed by atoms with Crippen molar-refractivity contribution in [1.82, 2.24) is 4.98 Å². The number of aliphatic hydroxyl groups is 1. The van der Waals surface area contributed by atoms with Crippen LogP contribution in [0, 0.1) is 5.82 Å². The number of pyridine rings is 1. The second kappa shape index (κ2) is 6.98. The molecular weight excluding hydrogens is 261 g/mol. The van der Waals surface area contributed by atoms with Gasteiger partial charge < -0.3 is 14.6 Å². The minimum absolute atomic E-state index is 0.169. The zero-order valence-electron chi connectivity index (χ0n) is 11.1. The number of methoxy groups -OCH3 is 1. The molecule has 1 atom stereocenters. The average Bonchev–Trinajstić information content (AvgIpc) is 2.48. The normalized spacial score (nSPS) is 12.2. The summed E-state index contributed by atoms with van der Waals surface area (Å²) < 4.78 is 24.1. The molecule has 1 N–H and O–H groups in total. The molecule has 20 heavy (non-hydrogen) atoms. The Hall–Kier alpha value is -1.98. The number of hydrogen-bond acceptors (Lipinski definition) is 4. The number of ether oxygens (including phenoxy) is 2. The average molecular weight is 277 g/mol. The number of halogens is 1. The second-order valence-corrected chi connectivity index (χ2v) is 4.18. The number of para-hydroxylation sites is 1. The summed E-state index contributed by atoms with van der Waals surface area (Å²) in [4.78, 5) is 3.67. The van der Waals surface area contributed by atoms with Crippen molar-refractivity contribution in [3.63, 3.8) is 0 Å². The smallest absolute Gasteiger partial charge is 0.147 e. The van der Waals surface area contributed by atoms with Crippen LogP contribution in [0.15, 0.2) is 42.7 Å². The summed E-state index contributed by atoms with van der Waals surface area (Å²) in [5, 5.41) is 10.3. The Morgan fingerprint density at radius 1 is 1.20 bits per heavy atom. The Morgan fingerprint density at radius 3 is 2.75 bits per heavy atom. The number of benzene rings is 1. The van der Waals surface area contributed by atoms with Gasteiger partial charge in [0.15, 0.2) is 0 Å². The molecule has 0 aliphatic heterocycles. The molecule has 0 aliphatic carbocycles. The molecule has 0 spiro atoms. The maximum absolute atomic E-state index is 13.7. The highest BCUT2D eigenvalue weighted by Gasteiger charge is 2.18. The van der Waals surface area contributed by atoms with Crippen molar-refractivity contribution < 1.29 is 19.0 Å². The largest absolute Gasteiger partial charge is 0.491 e. The van der Waals surface area contributed by atoms with E-state index in [2.05, 4.69) is 4.98 Å². The van der Waals surface area contributed by atoms with Crippen molar-refractivity contribution in [3.8, 4) is 5.75 Å². The van der Waals surface area contributed by atoms with Crippen LogP contribution < -0.4 is 4.74 Å². The molecule has 5 heteroatoms. The first kappa shape index (κ1) is 14.4. The van der Waals surface area contributed by atoms with Crippen molar-refractivity contribution in [2.45, 2.75) is 6.10 Å². The van der Waals surface area contributed by atoms with E-state index in [0.717, 1.165) is 6.20 Å². The third-order valence-corrected chi connectivity index (χ3v) is 2.86. The molecule has 1 aromatic carbocycles. The van der Waals surface area contributed by atoms with Crippen LogP contribution >= 0.6 is 0 Å². The Balaban J connectivity index is 2.25. The van der Waals surface area contributed by atoms with E-state index in [1.165, 1.54) is 12.3 Å². The number of aromatic nitrogens is 1. The van der Waals surface area contributed by atoms with Crippen molar-refractivity contribution in [2.75, 3.05) is 20.3 Å². The van der Waals surface area contributed by atoms with Gasteiger partial charge in [0.05, 0.1) is 12.8 Å². The minimum atomic E-state index is -1.10. The van der Waals surface area contributed by atoms with Gasteiger partial charge in [0, 0.05) is 24.4 Å². The van der Waals surface area contributed by atoms with Gasteiger partial charge in [-0.05, 0) is 12.1 Å². The fraction of sp³-hybridized carbons (Fsp3) is 0.267. The van der Waals surface area contributed by atoms with Gasteiger partial charge in [-0.15, -0.1) is 0 Å². The molecule has 0 radical (unpaired) electrons. The Labute approximate surface area is 116 Å². The minimum Gasteiger partial charge on any atom is -0.491 e. The second-order valence-electron chi connectivity index (χ2n) is 4.18. The summed E-state index contributed by atoms with van der Waals surface area (Å²) in [6.45, 7) is 0.799.